The van der Waals surface area contributed by atoms with Crippen molar-refractivity contribution in [2.75, 3.05) is 19.6 Å². The molecule has 0 aliphatic heterocycles. The van der Waals surface area contributed by atoms with E-state index in [4.69, 9.17) is 0 Å². The predicted octanol–water partition coefficient (Wildman–Crippen LogP) is 19.0. The fourth-order valence-electron chi connectivity index (χ4n) is 8.53. The quantitative estimate of drug-likeness (QED) is 0.0561. The van der Waals surface area contributed by atoms with Gasteiger partial charge in [0.05, 0.1) is 0 Å². The van der Waals surface area contributed by atoms with Crippen molar-refractivity contribution in [1.82, 2.24) is 4.90 Å². The van der Waals surface area contributed by atoms with E-state index in [2.05, 4.69) is 39.5 Å². The summed E-state index contributed by atoms with van der Waals surface area (Å²) in [4.78, 5) is 2.88. The summed E-state index contributed by atoms with van der Waals surface area (Å²) in [7, 11) is 0. The van der Waals surface area contributed by atoms with Crippen LogP contribution in [0.15, 0.2) is 0 Å². The fourth-order valence-corrected chi connectivity index (χ4v) is 8.53. The molecule has 0 bridgehead atoms. The van der Waals surface area contributed by atoms with E-state index in [9.17, 15) is 0 Å². The number of unbranched alkanes of at least 4 members (excludes halogenated alkanes) is 37. The summed E-state index contributed by atoms with van der Waals surface area (Å²) in [6.07, 6.45) is 61.6. The van der Waals surface area contributed by atoms with E-state index in [1.807, 2.05) is 0 Å². The van der Waals surface area contributed by atoms with Crippen LogP contribution in [0.25, 0.3) is 0 Å². The standard InChI is InChI=1S/C52H107N/c1-6-7-8-9-10-11-12-13-18-23-28-33-38-43-48-53(49-44-39-34-29-24-19-14-16-21-26-31-36-41-46-51(2)3)50-45-40-35-30-25-20-15-17-22-27-32-37-42-47-52(4)5/h51-52H,6-50H2,1-5H3. The Balaban J connectivity index is 3.95. The molecule has 1 heteroatoms. The van der Waals surface area contributed by atoms with Crippen LogP contribution in [-0.4, -0.2) is 24.5 Å². The maximum atomic E-state index is 2.88. The van der Waals surface area contributed by atoms with E-state index in [0.717, 1.165) is 11.8 Å². The van der Waals surface area contributed by atoms with Gasteiger partial charge in [-0.1, -0.05) is 285 Å². The second-order valence-electron chi connectivity index (χ2n) is 19.0. The molecule has 0 radical (unpaired) electrons. The summed E-state index contributed by atoms with van der Waals surface area (Å²) in [6, 6.07) is 0. The molecule has 0 spiro atoms. The molecule has 0 rings (SSSR count). The third kappa shape index (κ3) is 48.0. The van der Waals surface area contributed by atoms with Crippen LogP contribution in [-0.2, 0) is 0 Å². The van der Waals surface area contributed by atoms with Crippen LogP contribution in [0.4, 0.5) is 0 Å². The molecule has 0 aliphatic carbocycles. The normalized spacial score (nSPS) is 12.0. The number of rotatable bonds is 47. The van der Waals surface area contributed by atoms with Gasteiger partial charge in [-0.15, -0.1) is 0 Å². The van der Waals surface area contributed by atoms with Crippen molar-refractivity contribution >= 4 is 0 Å². The summed E-state index contributed by atoms with van der Waals surface area (Å²) in [5.41, 5.74) is 0. The molecule has 0 aromatic rings. The van der Waals surface area contributed by atoms with Crippen molar-refractivity contribution in [3.05, 3.63) is 0 Å². The maximum absolute atomic E-state index is 2.88. The first kappa shape index (κ1) is 53.0. The minimum absolute atomic E-state index is 0.890. The Morgan fingerprint density at radius 1 is 0.226 bits per heavy atom. The van der Waals surface area contributed by atoms with E-state index in [1.54, 1.807) is 0 Å². The van der Waals surface area contributed by atoms with E-state index >= 15 is 0 Å². The molecule has 0 saturated carbocycles. The van der Waals surface area contributed by atoms with Crippen molar-refractivity contribution in [1.29, 1.82) is 0 Å². The van der Waals surface area contributed by atoms with Gasteiger partial charge in [0.1, 0.15) is 0 Å². The van der Waals surface area contributed by atoms with Crippen LogP contribution < -0.4 is 0 Å². The first-order valence-electron chi connectivity index (χ1n) is 25.8. The van der Waals surface area contributed by atoms with Crippen LogP contribution in [0.1, 0.15) is 304 Å². The minimum atomic E-state index is 0.890. The molecular weight excluding hydrogens is 639 g/mol. The van der Waals surface area contributed by atoms with Gasteiger partial charge in [0.15, 0.2) is 0 Å². The summed E-state index contributed by atoms with van der Waals surface area (Å²) in [6.45, 7) is 15.9. The van der Waals surface area contributed by atoms with Gasteiger partial charge in [-0.3, -0.25) is 0 Å². The van der Waals surface area contributed by atoms with Crippen molar-refractivity contribution in [2.24, 2.45) is 11.8 Å². The van der Waals surface area contributed by atoms with Crippen LogP contribution in [0.2, 0.25) is 0 Å². The fraction of sp³-hybridized carbons (Fsp3) is 1.00. The highest BCUT2D eigenvalue weighted by Crippen LogP contribution is 2.18. The van der Waals surface area contributed by atoms with Crippen molar-refractivity contribution in [3.63, 3.8) is 0 Å². The lowest BCUT2D eigenvalue weighted by Crippen LogP contribution is -2.27. The van der Waals surface area contributed by atoms with E-state index in [0.29, 0.717) is 0 Å². The number of hydrogen-bond donors (Lipinski definition) is 0. The highest BCUT2D eigenvalue weighted by molar-refractivity contribution is 4.61. The van der Waals surface area contributed by atoms with Gasteiger partial charge in [0, 0.05) is 0 Å². The number of hydrogen-bond acceptors (Lipinski definition) is 1. The Kier molecular flexibility index (Phi) is 46.3. The first-order chi connectivity index (χ1) is 26.1. The topological polar surface area (TPSA) is 3.24 Å². The summed E-state index contributed by atoms with van der Waals surface area (Å²) < 4.78 is 0. The second-order valence-corrected chi connectivity index (χ2v) is 19.0. The van der Waals surface area contributed by atoms with Gasteiger partial charge in [-0.25, -0.2) is 0 Å². The second kappa shape index (κ2) is 46.3. The molecular formula is C52H107N. The molecule has 0 unspecified atom stereocenters. The van der Waals surface area contributed by atoms with Gasteiger partial charge in [-0.2, -0.15) is 0 Å². The molecule has 0 aliphatic rings. The Morgan fingerprint density at radius 2 is 0.396 bits per heavy atom. The Bertz CT molecular complexity index is 587. The van der Waals surface area contributed by atoms with Crippen LogP contribution >= 0.6 is 0 Å². The molecule has 53 heavy (non-hydrogen) atoms. The predicted molar refractivity (Wildman–Crippen MR) is 246 cm³/mol. The third-order valence-electron chi connectivity index (χ3n) is 12.3. The average molecular weight is 746 g/mol. The smallest absolute Gasteiger partial charge is 0.00187 e. The molecule has 0 aromatic heterocycles. The first-order valence-corrected chi connectivity index (χ1v) is 25.8. The highest BCUT2D eigenvalue weighted by atomic mass is 15.1. The monoisotopic (exact) mass is 746 g/mol. The Morgan fingerprint density at radius 3 is 0.585 bits per heavy atom. The zero-order valence-corrected chi connectivity index (χ0v) is 38.4. The lowest BCUT2D eigenvalue weighted by molar-refractivity contribution is 0.254. The van der Waals surface area contributed by atoms with Gasteiger partial charge < -0.3 is 4.90 Å². The molecule has 1 nitrogen and oxygen atoms in total. The summed E-state index contributed by atoms with van der Waals surface area (Å²) in [5, 5.41) is 0. The van der Waals surface area contributed by atoms with E-state index in [1.165, 1.54) is 289 Å². The Labute approximate surface area is 339 Å². The molecule has 320 valence electrons. The van der Waals surface area contributed by atoms with Gasteiger partial charge in [0.2, 0.25) is 0 Å². The van der Waals surface area contributed by atoms with Gasteiger partial charge in [0.25, 0.3) is 0 Å². The zero-order chi connectivity index (χ0) is 38.6. The van der Waals surface area contributed by atoms with E-state index in [-0.39, 0.29) is 0 Å². The molecule has 0 atom stereocenters. The SMILES string of the molecule is CCCCCCCCCCCCCCCCN(CCCCCCCCCCCCCCCC(C)C)CCCCCCCCCCCCCCCC(C)C. The van der Waals surface area contributed by atoms with Crippen molar-refractivity contribution in [3.8, 4) is 0 Å². The lowest BCUT2D eigenvalue weighted by Gasteiger charge is -2.22. The largest absolute Gasteiger partial charge is 0.303 e. The lowest BCUT2D eigenvalue weighted by atomic mass is 10.0. The van der Waals surface area contributed by atoms with Crippen LogP contribution in [0.3, 0.4) is 0 Å². The van der Waals surface area contributed by atoms with Crippen LogP contribution in [0.5, 0.6) is 0 Å². The maximum Gasteiger partial charge on any atom is -0.00187 e. The third-order valence-corrected chi connectivity index (χ3v) is 12.3. The number of nitrogens with zero attached hydrogens (tertiary/aromatic N) is 1. The molecule has 0 amide bonds. The zero-order valence-electron chi connectivity index (χ0n) is 38.4. The van der Waals surface area contributed by atoms with Crippen LogP contribution in [0, 0.1) is 11.8 Å². The minimum Gasteiger partial charge on any atom is -0.303 e. The molecule has 0 N–H and O–H groups in total. The average Bonchev–Trinajstić information content (AvgIpc) is 3.14. The van der Waals surface area contributed by atoms with Crippen molar-refractivity contribution < 1.29 is 0 Å². The van der Waals surface area contributed by atoms with Crippen molar-refractivity contribution in [2.45, 2.75) is 304 Å². The van der Waals surface area contributed by atoms with Gasteiger partial charge in [-0.05, 0) is 50.7 Å². The highest BCUT2D eigenvalue weighted by Gasteiger charge is 2.06. The summed E-state index contributed by atoms with van der Waals surface area (Å²) >= 11 is 0. The van der Waals surface area contributed by atoms with E-state index < -0.39 is 0 Å². The molecule has 0 heterocycles. The molecule has 0 saturated heterocycles. The van der Waals surface area contributed by atoms with Gasteiger partial charge >= 0.3 is 0 Å². The summed E-state index contributed by atoms with van der Waals surface area (Å²) in [5.74, 6) is 1.78. The molecule has 0 fully saturated rings. The Hall–Kier alpha value is -0.0400. The molecule has 0 aromatic carbocycles.